The molecule has 0 spiro atoms. The summed E-state index contributed by atoms with van der Waals surface area (Å²) in [5.74, 6) is 0.0857. The fourth-order valence-corrected chi connectivity index (χ4v) is 1.69. The van der Waals surface area contributed by atoms with E-state index in [-0.39, 0.29) is 12.0 Å². The van der Waals surface area contributed by atoms with Crippen LogP contribution in [-0.2, 0) is 4.79 Å². The van der Waals surface area contributed by atoms with E-state index in [1.807, 2.05) is 0 Å². The van der Waals surface area contributed by atoms with Gasteiger partial charge in [-0.25, -0.2) is 0 Å². The number of benzene rings is 1. The molecule has 2 rings (SSSR count). The molecule has 1 aromatic carbocycles. The molecule has 1 heterocycles. The Balaban J connectivity index is 2.80. The minimum Gasteiger partial charge on any atom is -0.493 e. The second-order valence-corrected chi connectivity index (χ2v) is 3.31. The lowest BCUT2D eigenvalue weighted by Crippen LogP contribution is -1.99. The molecule has 2 aromatic rings. The third-order valence-corrected chi connectivity index (χ3v) is 2.44. The average Bonchev–Trinajstić information content (AvgIpc) is 2.80. The third kappa shape index (κ3) is 1.65. The third-order valence-electron chi connectivity index (χ3n) is 2.44. The van der Waals surface area contributed by atoms with Crippen molar-refractivity contribution in [2.75, 3.05) is 14.2 Å². The summed E-state index contributed by atoms with van der Waals surface area (Å²) in [7, 11) is 2.95. The first-order valence-corrected chi connectivity index (χ1v) is 4.84. The Morgan fingerprint density at radius 3 is 2.65 bits per heavy atom. The van der Waals surface area contributed by atoms with Crippen LogP contribution in [0.2, 0.25) is 0 Å². The number of carbonyl (C=O) groups is 2. The molecule has 0 fully saturated rings. The van der Waals surface area contributed by atoms with Gasteiger partial charge in [-0.1, -0.05) is 0 Å². The molecule has 0 amide bonds. The molecule has 5 nitrogen and oxygen atoms in total. The van der Waals surface area contributed by atoms with E-state index in [0.717, 1.165) is 0 Å². The van der Waals surface area contributed by atoms with Crippen molar-refractivity contribution in [2.45, 2.75) is 0 Å². The van der Waals surface area contributed by atoms with Gasteiger partial charge in [0.2, 0.25) is 0 Å². The van der Waals surface area contributed by atoms with Gasteiger partial charge in [0.1, 0.15) is 0 Å². The lowest BCUT2D eigenvalue weighted by Gasteiger charge is -2.08. The molecule has 0 radical (unpaired) electrons. The summed E-state index contributed by atoms with van der Waals surface area (Å²) in [5.41, 5.74) is 0. The van der Waals surface area contributed by atoms with Crippen molar-refractivity contribution in [3.05, 3.63) is 24.2 Å². The number of methoxy groups -OCH3 is 2. The monoisotopic (exact) mass is 234 g/mol. The molecule has 0 atom stereocenters. The quantitative estimate of drug-likeness (QED) is 0.458. The maximum absolute atomic E-state index is 11.4. The number of fused-ring (bicyclic) bond motifs is 1. The van der Waals surface area contributed by atoms with Gasteiger partial charge in [-0.3, -0.25) is 9.59 Å². The fraction of sp³-hybridized carbons (Fsp3) is 0.167. The molecule has 0 bridgehead atoms. The normalized spacial score (nSPS) is 10.2. The molecular formula is C12H10O5. The van der Waals surface area contributed by atoms with Gasteiger partial charge in [-0.2, -0.15) is 0 Å². The first-order valence-electron chi connectivity index (χ1n) is 4.84. The zero-order valence-corrected chi connectivity index (χ0v) is 9.35. The van der Waals surface area contributed by atoms with Crippen LogP contribution in [-0.4, -0.2) is 26.3 Å². The number of ketones is 1. The summed E-state index contributed by atoms with van der Waals surface area (Å²) in [4.78, 5) is 21.9. The van der Waals surface area contributed by atoms with Crippen molar-refractivity contribution in [2.24, 2.45) is 0 Å². The zero-order valence-electron chi connectivity index (χ0n) is 9.35. The van der Waals surface area contributed by atoms with E-state index in [1.165, 1.54) is 20.5 Å². The van der Waals surface area contributed by atoms with Gasteiger partial charge >= 0.3 is 0 Å². The summed E-state index contributed by atoms with van der Waals surface area (Å²) < 4.78 is 15.4. The number of furan rings is 1. The second kappa shape index (κ2) is 4.29. The van der Waals surface area contributed by atoms with Gasteiger partial charge in [0, 0.05) is 5.39 Å². The highest BCUT2D eigenvalue weighted by molar-refractivity contribution is 6.35. The average molecular weight is 234 g/mol. The number of hydrogen-bond donors (Lipinski definition) is 0. The van der Waals surface area contributed by atoms with Gasteiger partial charge in [-0.15, -0.1) is 0 Å². The van der Waals surface area contributed by atoms with Crippen molar-refractivity contribution >= 4 is 22.8 Å². The predicted octanol–water partition coefficient (Wildman–Crippen LogP) is 1.83. The molecule has 5 heteroatoms. The van der Waals surface area contributed by atoms with E-state index in [4.69, 9.17) is 13.9 Å². The number of ether oxygens (including phenoxy) is 2. The first kappa shape index (κ1) is 11.2. The zero-order chi connectivity index (χ0) is 12.4. The van der Waals surface area contributed by atoms with Crippen molar-refractivity contribution in [3.8, 4) is 11.5 Å². The second-order valence-electron chi connectivity index (χ2n) is 3.31. The minimum atomic E-state index is -0.730. The standard InChI is InChI=1S/C12H10O5/c1-15-9-4-3-7-6-17-11(8(14)5-13)10(7)12(9)16-2/h3-6H,1-2H3. The Morgan fingerprint density at radius 1 is 1.29 bits per heavy atom. The Morgan fingerprint density at radius 2 is 2.06 bits per heavy atom. The van der Waals surface area contributed by atoms with Crippen LogP contribution in [0.4, 0.5) is 0 Å². The van der Waals surface area contributed by atoms with Crippen molar-refractivity contribution in [1.29, 1.82) is 0 Å². The van der Waals surface area contributed by atoms with Gasteiger partial charge in [-0.05, 0) is 12.1 Å². The molecule has 0 N–H and O–H groups in total. The molecule has 0 saturated carbocycles. The fourth-order valence-electron chi connectivity index (χ4n) is 1.69. The van der Waals surface area contributed by atoms with Crippen LogP contribution >= 0.6 is 0 Å². The van der Waals surface area contributed by atoms with Crippen LogP contribution in [0.25, 0.3) is 10.8 Å². The molecule has 0 aliphatic rings. The molecule has 1 aromatic heterocycles. The van der Waals surface area contributed by atoms with Gasteiger partial charge in [0.05, 0.1) is 25.9 Å². The number of Topliss-reactive ketones (excluding diaryl/α,β-unsaturated/α-hetero) is 1. The van der Waals surface area contributed by atoms with Gasteiger partial charge in [0.25, 0.3) is 5.78 Å². The summed E-state index contributed by atoms with van der Waals surface area (Å²) in [6, 6.07) is 3.42. The van der Waals surface area contributed by atoms with E-state index in [0.29, 0.717) is 22.3 Å². The van der Waals surface area contributed by atoms with Crippen LogP contribution in [0.15, 0.2) is 22.8 Å². The molecule has 0 unspecified atom stereocenters. The van der Waals surface area contributed by atoms with E-state index in [9.17, 15) is 9.59 Å². The number of hydrogen-bond acceptors (Lipinski definition) is 5. The summed E-state index contributed by atoms with van der Waals surface area (Å²) in [6.07, 6.45) is 1.60. The first-order chi connectivity index (χ1) is 8.22. The number of rotatable bonds is 4. The summed E-state index contributed by atoms with van der Waals surface area (Å²) >= 11 is 0. The number of aldehydes is 1. The lowest BCUT2D eigenvalue weighted by molar-refractivity contribution is -0.104. The SMILES string of the molecule is COc1ccc2coc(C(=O)C=O)c2c1OC. The van der Waals surface area contributed by atoms with Crippen LogP contribution < -0.4 is 9.47 Å². The van der Waals surface area contributed by atoms with E-state index >= 15 is 0 Å². The summed E-state index contributed by atoms with van der Waals surface area (Å²) in [6.45, 7) is 0. The Labute approximate surface area is 96.9 Å². The topological polar surface area (TPSA) is 65.7 Å². The van der Waals surface area contributed by atoms with Crippen LogP contribution in [0.1, 0.15) is 10.6 Å². The largest absolute Gasteiger partial charge is 0.493 e. The van der Waals surface area contributed by atoms with E-state index < -0.39 is 5.78 Å². The Kier molecular flexibility index (Phi) is 2.82. The minimum absolute atomic E-state index is 0.0363. The molecule has 88 valence electrons. The molecule has 0 aliphatic heterocycles. The molecule has 0 aliphatic carbocycles. The maximum Gasteiger partial charge on any atom is 0.261 e. The Hall–Kier alpha value is -2.30. The maximum atomic E-state index is 11.4. The highest BCUT2D eigenvalue weighted by atomic mass is 16.5. The van der Waals surface area contributed by atoms with Crippen molar-refractivity contribution < 1.29 is 23.5 Å². The van der Waals surface area contributed by atoms with Crippen LogP contribution in [0.3, 0.4) is 0 Å². The van der Waals surface area contributed by atoms with Crippen LogP contribution in [0.5, 0.6) is 11.5 Å². The molecule has 0 saturated heterocycles. The Bertz CT molecular complexity index is 582. The highest BCUT2D eigenvalue weighted by Gasteiger charge is 2.20. The predicted molar refractivity (Wildman–Crippen MR) is 59.7 cm³/mol. The van der Waals surface area contributed by atoms with Gasteiger partial charge in [0.15, 0.2) is 23.5 Å². The highest BCUT2D eigenvalue weighted by Crippen LogP contribution is 2.38. The molecule has 17 heavy (non-hydrogen) atoms. The van der Waals surface area contributed by atoms with Gasteiger partial charge < -0.3 is 13.9 Å². The smallest absolute Gasteiger partial charge is 0.261 e. The van der Waals surface area contributed by atoms with Crippen molar-refractivity contribution in [1.82, 2.24) is 0 Å². The van der Waals surface area contributed by atoms with Crippen LogP contribution in [0, 0.1) is 0 Å². The van der Waals surface area contributed by atoms with E-state index in [1.54, 1.807) is 12.1 Å². The molecular weight excluding hydrogens is 224 g/mol. The van der Waals surface area contributed by atoms with E-state index in [2.05, 4.69) is 0 Å². The summed E-state index contributed by atoms with van der Waals surface area (Å²) in [5, 5.41) is 1.12. The number of carbonyl (C=O) groups excluding carboxylic acids is 2. The van der Waals surface area contributed by atoms with Crippen molar-refractivity contribution in [3.63, 3.8) is 0 Å². The lowest BCUT2D eigenvalue weighted by atomic mass is 10.1.